The van der Waals surface area contributed by atoms with E-state index in [2.05, 4.69) is 61.4 Å². The number of nitrogens with zero attached hydrogens (tertiary/aromatic N) is 2. The highest BCUT2D eigenvalue weighted by atomic mass is 32.2. The summed E-state index contributed by atoms with van der Waals surface area (Å²) in [6.45, 7) is 8.01. The third-order valence-electron chi connectivity index (χ3n) is 5.02. The number of benzene rings is 2. The van der Waals surface area contributed by atoms with Gasteiger partial charge in [0.2, 0.25) is 0 Å². The zero-order valence-corrected chi connectivity index (χ0v) is 21.0. The lowest BCUT2D eigenvalue weighted by Gasteiger charge is -2.21. The van der Waals surface area contributed by atoms with Gasteiger partial charge in [0, 0.05) is 28.4 Å². The quantitative estimate of drug-likeness (QED) is 0.232. The molecular formula is C26H32N2O2S2. The Morgan fingerprint density at radius 3 is 2.47 bits per heavy atom. The summed E-state index contributed by atoms with van der Waals surface area (Å²) in [4.78, 5) is 21.9. The van der Waals surface area contributed by atoms with E-state index in [4.69, 9.17) is 9.72 Å². The fraction of sp³-hybridized carbons (Fsp3) is 0.385. The second kappa shape index (κ2) is 12.1. The van der Waals surface area contributed by atoms with Crippen molar-refractivity contribution in [3.63, 3.8) is 0 Å². The van der Waals surface area contributed by atoms with Gasteiger partial charge in [-0.2, -0.15) is 0 Å². The van der Waals surface area contributed by atoms with E-state index >= 15 is 0 Å². The van der Waals surface area contributed by atoms with Crippen molar-refractivity contribution in [1.82, 2.24) is 4.98 Å². The van der Waals surface area contributed by atoms with Crippen LogP contribution in [0.4, 0.5) is 5.13 Å². The summed E-state index contributed by atoms with van der Waals surface area (Å²) in [5, 5.41) is 0.956. The van der Waals surface area contributed by atoms with Crippen LogP contribution in [0.5, 0.6) is 0 Å². The van der Waals surface area contributed by atoms with Crippen molar-refractivity contribution in [2.24, 2.45) is 5.92 Å². The standard InChI is InChI=1S/C26H32N2O2S2/c1-5-30-24(29)15-16-28(18-20-9-7-6-8-10-20)26-27-25(23(32-26)17-19(2)3)21-11-13-22(31-4)14-12-21/h6-14,19H,5,15-18H2,1-4H3. The number of hydrogen-bond donors (Lipinski definition) is 0. The first-order valence-electron chi connectivity index (χ1n) is 11.1. The van der Waals surface area contributed by atoms with Crippen molar-refractivity contribution < 1.29 is 9.53 Å². The van der Waals surface area contributed by atoms with Crippen LogP contribution in [-0.4, -0.2) is 30.4 Å². The van der Waals surface area contributed by atoms with Gasteiger partial charge >= 0.3 is 5.97 Å². The predicted octanol–water partition coefficient (Wildman–Crippen LogP) is 6.69. The number of thiazole rings is 1. The lowest BCUT2D eigenvalue weighted by molar-refractivity contribution is -0.142. The van der Waals surface area contributed by atoms with Gasteiger partial charge in [0.25, 0.3) is 0 Å². The Morgan fingerprint density at radius 2 is 1.84 bits per heavy atom. The maximum atomic E-state index is 12.1. The first kappa shape index (κ1) is 24.3. The van der Waals surface area contributed by atoms with E-state index in [9.17, 15) is 4.79 Å². The Labute approximate surface area is 200 Å². The largest absolute Gasteiger partial charge is 0.466 e. The zero-order chi connectivity index (χ0) is 22.9. The van der Waals surface area contributed by atoms with Crippen LogP contribution in [0.1, 0.15) is 37.6 Å². The highest BCUT2D eigenvalue weighted by Crippen LogP contribution is 2.36. The molecule has 1 aromatic heterocycles. The molecule has 0 atom stereocenters. The molecule has 4 nitrogen and oxygen atoms in total. The van der Waals surface area contributed by atoms with E-state index in [0.29, 0.717) is 32.0 Å². The fourth-order valence-electron chi connectivity index (χ4n) is 3.46. The molecule has 0 aliphatic heterocycles. The number of rotatable bonds is 11. The number of thioether (sulfide) groups is 1. The molecule has 0 amide bonds. The highest BCUT2D eigenvalue weighted by molar-refractivity contribution is 7.98. The first-order chi connectivity index (χ1) is 15.5. The van der Waals surface area contributed by atoms with Gasteiger partial charge in [-0.1, -0.05) is 56.3 Å². The Bertz CT molecular complexity index is 985. The minimum atomic E-state index is -0.169. The minimum absolute atomic E-state index is 0.169. The number of hydrogen-bond acceptors (Lipinski definition) is 6. The topological polar surface area (TPSA) is 42.4 Å². The van der Waals surface area contributed by atoms with E-state index in [0.717, 1.165) is 22.8 Å². The number of carbonyl (C=O) groups is 1. The van der Waals surface area contributed by atoms with Crippen LogP contribution in [0, 0.1) is 5.92 Å². The lowest BCUT2D eigenvalue weighted by atomic mass is 10.1. The molecule has 3 aromatic rings. The number of anilines is 1. The summed E-state index contributed by atoms with van der Waals surface area (Å²) in [5.74, 6) is 0.368. The number of esters is 1. The molecular weight excluding hydrogens is 436 g/mol. The number of ether oxygens (including phenoxy) is 1. The molecule has 2 aromatic carbocycles. The van der Waals surface area contributed by atoms with Crippen LogP contribution < -0.4 is 4.90 Å². The Hall–Kier alpha value is -2.31. The zero-order valence-electron chi connectivity index (χ0n) is 19.3. The molecule has 0 radical (unpaired) electrons. The molecule has 170 valence electrons. The first-order valence-corrected chi connectivity index (χ1v) is 13.1. The van der Waals surface area contributed by atoms with Crippen molar-refractivity contribution in [2.45, 2.75) is 45.1 Å². The van der Waals surface area contributed by atoms with Crippen LogP contribution in [0.25, 0.3) is 11.3 Å². The van der Waals surface area contributed by atoms with Crippen molar-refractivity contribution >= 4 is 34.2 Å². The molecule has 1 heterocycles. The number of carbonyl (C=O) groups excluding carboxylic acids is 1. The molecule has 32 heavy (non-hydrogen) atoms. The summed E-state index contributed by atoms with van der Waals surface area (Å²) in [6.07, 6.45) is 3.41. The summed E-state index contributed by atoms with van der Waals surface area (Å²) in [7, 11) is 0. The SMILES string of the molecule is CCOC(=O)CCN(Cc1ccccc1)c1nc(-c2ccc(SC)cc2)c(CC(C)C)s1. The second-order valence-electron chi connectivity index (χ2n) is 8.06. The van der Waals surface area contributed by atoms with E-state index in [1.807, 2.05) is 25.1 Å². The van der Waals surface area contributed by atoms with E-state index < -0.39 is 0 Å². The fourth-order valence-corrected chi connectivity index (χ4v) is 5.19. The van der Waals surface area contributed by atoms with Crippen molar-refractivity contribution in [3.05, 3.63) is 65.0 Å². The van der Waals surface area contributed by atoms with Crippen molar-refractivity contribution in [3.8, 4) is 11.3 Å². The lowest BCUT2D eigenvalue weighted by Crippen LogP contribution is -2.26. The normalized spacial score (nSPS) is 11.0. The van der Waals surface area contributed by atoms with Crippen LogP contribution in [0.2, 0.25) is 0 Å². The molecule has 0 spiro atoms. The van der Waals surface area contributed by atoms with Crippen LogP contribution in [-0.2, 0) is 22.5 Å². The maximum absolute atomic E-state index is 12.1. The highest BCUT2D eigenvalue weighted by Gasteiger charge is 2.20. The van der Waals surface area contributed by atoms with Gasteiger partial charge < -0.3 is 9.64 Å². The van der Waals surface area contributed by atoms with Crippen LogP contribution in [0.3, 0.4) is 0 Å². The molecule has 6 heteroatoms. The third-order valence-corrected chi connectivity index (χ3v) is 6.90. The molecule has 3 rings (SSSR count). The molecule has 0 aliphatic carbocycles. The molecule has 0 saturated carbocycles. The van der Waals surface area contributed by atoms with E-state index in [1.54, 1.807) is 23.1 Å². The summed E-state index contributed by atoms with van der Waals surface area (Å²) >= 11 is 3.48. The summed E-state index contributed by atoms with van der Waals surface area (Å²) < 4.78 is 5.17. The van der Waals surface area contributed by atoms with Crippen molar-refractivity contribution in [2.75, 3.05) is 24.3 Å². The molecule has 0 N–H and O–H groups in total. The second-order valence-corrected chi connectivity index (χ2v) is 10.00. The molecule has 0 saturated heterocycles. The smallest absolute Gasteiger partial charge is 0.307 e. The molecule has 0 aliphatic rings. The van der Waals surface area contributed by atoms with Gasteiger partial charge in [0.1, 0.15) is 0 Å². The van der Waals surface area contributed by atoms with Gasteiger partial charge in [0.05, 0.1) is 18.7 Å². The predicted molar refractivity (Wildman–Crippen MR) is 137 cm³/mol. The number of aromatic nitrogens is 1. The molecule has 0 fully saturated rings. The Kier molecular flexibility index (Phi) is 9.18. The van der Waals surface area contributed by atoms with Gasteiger partial charge in [-0.05, 0) is 43.2 Å². The monoisotopic (exact) mass is 468 g/mol. The Morgan fingerprint density at radius 1 is 1.12 bits per heavy atom. The van der Waals surface area contributed by atoms with Gasteiger partial charge in [-0.15, -0.1) is 23.1 Å². The Balaban J connectivity index is 1.94. The summed E-state index contributed by atoms with van der Waals surface area (Å²) in [5.41, 5.74) is 3.40. The minimum Gasteiger partial charge on any atom is -0.466 e. The summed E-state index contributed by atoms with van der Waals surface area (Å²) in [6, 6.07) is 19.0. The maximum Gasteiger partial charge on any atom is 0.307 e. The van der Waals surface area contributed by atoms with E-state index in [-0.39, 0.29) is 5.97 Å². The van der Waals surface area contributed by atoms with E-state index in [1.165, 1.54) is 15.3 Å². The average Bonchev–Trinajstić information content (AvgIpc) is 3.20. The van der Waals surface area contributed by atoms with Crippen LogP contribution in [0.15, 0.2) is 59.5 Å². The molecule has 0 bridgehead atoms. The van der Waals surface area contributed by atoms with Gasteiger partial charge in [0.15, 0.2) is 5.13 Å². The van der Waals surface area contributed by atoms with Gasteiger partial charge in [-0.3, -0.25) is 4.79 Å². The third kappa shape index (κ3) is 6.84. The average molecular weight is 469 g/mol. The van der Waals surface area contributed by atoms with Crippen molar-refractivity contribution in [1.29, 1.82) is 0 Å². The van der Waals surface area contributed by atoms with Crippen LogP contribution >= 0.6 is 23.1 Å². The van der Waals surface area contributed by atoms with Gasteiger partial charge in [-0.25, -0.2) is 4.98 Å². The molecule has 0 unspecified atom stereocenters.